The molecule has 0 bridgehead atoms. The average Bonchev–Trinajstić information content (AvgIpc) is 3.52. The number of carbonyl (C=O) groups excluding carboxylic acids is 1. The fraction of sp³-hybridized carbons (Fsp3) is 0.143. The van der Waals surface area contributed by atoms with E-state index in [1.165, 1.54) is 6.07 Å². The molecule has 188 valence electrons. The van der Waals surface area contributed by atoms with Gasteiger partial charge in [0.05, 0.1) is 28.6 Å². The average molecular weight is 507 g/mol. The monoisotopic (exact) mass is 506 g/mol. The van der Waals surface area contributed by atoms with E-state index in [9.17, 15) is 4.79 Å². The van der Waals surface area contributed by atoms with E-state index in [4.69, 9.17) is 4.98 Å². The molecule has 0 fully saturated rings. The van der Waals surface area contributed by atoms with Gasteiger partial charge in [0.2, 0.25) is 5.91 Å². The van der Waals surface area contributed by atoms with Gasteiger partial charge in [-0.2, -0.15) is 5.10 Å². The molecule has 3 N–H and O–H groups in total. The molecule has 0 saturated heterocycles. The van der Waals surface area contributed by atoms with Gasteiger partial charge in [-0.05, 0) is 36.2 Å². The number of halogens is 1. The number of nitrogens with one attached hydrogen (secondary N) is 3. The molecule has 38 heavy (non-hydrogen) atoms. The smallest absolute Gasteiger partial charge is 0.224 e. The van der Waals surface area contributed by atoms with Crippen molar-refractivity contribution in [3.05, 3.63) is 73.2 Å². The predicted molar refractivity (Wildman–Crippen MR) is 143 cm³/mol. The molecule has 9 nitrogen and oxygen atoms in total. The highest BCUT2D eigenvalue weighted by molar-refractivity contribution is 5.98. The number of hydrogen-bond donors (Lipinski definition) is 3. The van der Waals surface area contributed by atoms with Gasteiger partial charge in [0.25, 0.3) is 0 Å². The number of pyridine rings is 3. The summed E-state index contributed by atoms with van der Waals surface area (Å²) in [6.07, 6.45) is 8.65. The van der Waals surface area contributed by atoms with Gasteiger partial charge in [0, 0.05) is 59.4 Å². The second-order valence-corrected chi connectivity index (χ2v) is 9.44. The lowest BCUT2D eigenvalue weighted by Gasteiger charge is -2.09. The fourth-order valence-corrected chi connectivity index (χ4v) is 4.44. The molecule has 0 unspecified atom stereocenters. The summed E-state index contributed by atoms with van der Waals surface area (Å²) in [5.41, 5.74) is 5.48. The lowest BCUT2D eigenvalue weighted by atomic mass is 10.0. The first kappa shape index (κ1) is 23.4. The van der Waals surface area contributed by atoms with Crippen LogP contribution in [0.4, 0.5) is 10.1 Å². The van der Waals surface area contributed by atoms with E-state index in [1.54, 1.807) is 43.1 Å². The molecule has 0 saturated carbocycles. The number of rotatable bonds is 6. The van der Waals surface area contributed by atoms with Crippen molar-refractivity contribution in [1.82, 2.24) is 35.1 Å². The third kappa shape index (κ3) is 4.36. The molecule has 1 amide bonds. The maximum Gasteiger partial charge on any atom is 0.224 e. The normalized spacial score (nSPS) is 11.5. The number of aromatic nitrogens is 7. The summed E-state index contributed by atoms with van der Waals surface area (Å²) in [5, 5.41) is 10.9. The number of nitrogens with zero attached hydrogens (tertiary/aromatic N) is 5. The van der Waals surface area contributed by atoms with Crippen LogP contribution in [-0.2, 0) is 4.79 Å². The van der Waals surface area contributed by atoms with Crippen LogP contribution in [0.1, 0.15) is 20.3 Å². The Morgan fingerprint density at radius 1 is 1.00 bits per heavy atom. The van der Waals surface area contributed by atoms with Crippen molar-refractivity contribution in [2.45, 2.75) is 20.3 Å². The number of H-pyrrole nitrogens is 2. The van der Waals surface area contributed by atoms with Crippen LogP contribution in [0.5, 0.6) is 0 Å². The maximum atomic E-state index is 15.2. The van der Waals surface area contributed by atoms with Crippen LogP contribution in [0, 0.1) is 11.7 Å². The van der Waals surface area contributed by atoms with Crippen molar-refractivity contribution in [2.75, 3.05) is 5.32 Å². The van der Waals surface area contributed by atoms with Gasteiger partial charge in [0.1, 0.15) is 17.0 Å². The lowest BCUT2D eigenvalue weighted by Crippen LogP contribution is -2.14. The minimum Gasteiger partial charge on any atom is -0.336 e. The number of aromatic amines is 2. The first-order chi connectivity index (χ1) is 18.5. The zero-order chi connectivity index (χ0) is 26.2. The Bertz CT molecular complexity index is 1790. The number of anilines is 1. The number of amides is 1. The van der Waals surface area contributed by atoms with E-state index in [2.05, 4.69) is 35.5 Å². The molecule has 10 heteroatoms. The third-order valence-electron chi connectivity index (χ3n) is 6.14. The summed E-state index contributed by atoms with van der Waals surface area (Å²) in [7, 11) is 0. The Hall–Kier alpha value is -4.99. The summed E-state index contributed by atoms with van der Waals surface area (Å²) in [6, 6.07) is 10.4. The Labute approximate surface area is 216 Å². The van der Waals surface area contributed by atoms with E-state index in [0.717, 1.165) is 11.1 Å². The number of fused-ring (bicyclic) bond motifs is 2. The molecule has 6 rings (SSSR count). The Balaban J connectivity index is 1.41. The van der Waals surface area contributed by atoms with E-state index < -0.39 is 5.82 Å². The minimum absolute atomic E-state index is 0.114. The predicted octanol–water partition coefficient (Wildman–Crippen LogP) is 5.75. The van der Waals surface area contributed by atoms with Crippen LogP contribution < -0.4 is 5.32 Å². The van der Waals surface area contributed by atoms with Crippen molar-refractivity contribution in [3.63, 3.8) is 0 Å². The molecule has 5 aromatic heterocycles. The van der Waals surface area contributed by atoms with E-state index >= 15 is 4.39 Å². The minimum atomic E-state index is -0.437. The molecular formula is C28H23FN8O. The quantitative estimate of drug-likeness (QED) is 0.264. The van der Waals surface area contributed by atoms with Crippen LogP contribution >= 0.6 is 0 Å². The number of benzene rings is 1. The van der Waals surface area contributed by atoms with Crippen LogP contribution in [0.2, 0.25) is 0 Å². The summed E-state index contributed by atoms with van der Waals surface area (Å²) < 4.78 is 15.2. The number of carbonyl (C=O) groups is 1. The summed E-state index contributed by atoms with van der Waals surface area (Å²) in [6.45, 7) is 3.94. The van der Waals surface area contributed by atoms with Crippen LogP contribution in [0.15, 0.2) is 67.4 Å². The summed E-state index contributed by atoms with van der Waals surface area (Å²) >= 11 is 0. The summed E-state index contributed by atoms with van der Waals surface area (Å²) in [4.78, 5) is 33.2. The summed E-state index contributed by atoms with van der Waals surface area (Å²) in [5.74, 6) is 0.194. The van der Waals surface area contributed by atoms with Gasteiger partial charge in [-0.3, -0.25) is 24.8 Å². The molecule has 5 heterocycles. The zero-order valence-corrected chi connectivity index (χ0v) is 20.7. The molecule has 0 aliphatic heterocycles. The van der Waals surface area contributed by atoms with Crippen LogP contribution in [-0.4, -0.2) is 41.0 Å². The molecule has 1 aromatic carbocycles. The van der Waals surface area contributed by atoms with Crippen molar-refractivity contribution in [3.8, 4) is 33.9 Å². The highest BCUT2D eigenvalue weighted by Gasteiger charge is 2.18. The highest BCUT2D eigenvalue weighted by atomic mass is 19.1. The van der Waals surface area contributed by atoms with E-state index in [0.29, 0.717) is 56.9 Å². The van der Waals surface area contributed by atoms with Crippen LogP contribution in [0.3, 0.4) is 0 Å². The second-order valence-electron chi connectivity index (χ2n) is 9.44. The van der Waals surface area contributed by atoms with Crippen molar-refractivity contribution in [2.24, 2.45) is 5.92 Å². The Kier molecular flexibility index (Phi) is 5.83. The topological polar surface area (TPSA) is 125 Å². The molecule has 6 aromatic rings. The maximum absolute atomic E-state index is 15.2. The number of hydrogen-bond acceptors (Lipinski definition) is 6. The van der Waals surface area contributed by atoms with Gasteiger partial charge in [0.15, 0.2) is 5.82 Å². The molecule has 0 aliphatic rings. The Morgan fingerprint density at radius 2 is 1.87 bits per heavy atom. The first-order valence-electron chi connectivity index (χ1n) is 12.1. The molecule has 0 atom stereocenters. The Morgan fingerprint density at radius 3 is 2.68 bits per heavy atom. The van der Waals surface area contributed by atoms with Gasteiger partial charge in [-0.25, -0.2) is 9.37 Å². The van der Waals surface area contributed by atoms with Gasteiger partial charge in [-0.15, -0.1) is 0 Å². The molecule has 0 aliphatic carbocycles. The van der Waals surface area contributed by atoms with Gasteiger partial charge in [-0.1, -0.05) is 13.8 Å². The van der Waals surface area contributed by atoms with Crippen molar-refractivity contribution >= 4 is 33.5 Å². The first-order valence-corrected chi connectivity index (χ1v) is 12.1. The highest BCUT2D eigenvalue weighted by Crippen LogP contribution is 2.34. The molecule has 0 spiro atoms. The van der Waals surface area contributed by atoms with Crippen molar-refractivity contribution in [1.29, 1.82) is 0 Å². The molecule has 0 radical (unpaired) electrons. The second kappa shape index (κ2) is 9.47. The third-order valence-corrected chi connectivity index (χ3v) is 6.14. The number of imidazole rings is 1. The van der Waals surface area contributed by atoms with E-state index in [1.807, 2.05) is 32.0 Å². The SMILES string of the molecule is CC(C)CC(=O)Nc1cncc(-c2cc3c(-c4nc5c(-c6cccnc6)nccc5[nH]4)n[nH]c3cc2F)c1. The van der Waals surface area contributed by atoms with Gasteiger partial charge >= 0.3 is 0 Å². The van der Waals surface area contributed by atoms with Gasteiger partial charge < -0.3 is 10.3 Å². The lowest BCUT2D eigenvalue weighted by molar-refractivity contribution is -0.116. The van der Waals surface area contributed by atoms with Crippen molar-refractivity contribution < 1.29 is 9.18 Å². The van der Waals surface area contributed by atoms with Crippen LogP contribution in [0.25, 0.3) is 55.8 Å². The van der Waals surface area contributed by atoms with E-state index in [-0.39, 0.29) is 11.8 Å². The fourth-order valence-electron chi connectivity index (χ4n) is 4.44. The largest absolute Gasteiger partial charge is 0.336 e. The zero-order valence-electron chi connectivity index (χ0n) is 20.7. The molecular weight excluding hydrogens is 483 g/mol. The standard InChI is InChI=1S/C28H23FN8O/c1-15(2)8-24(38)33-18-9-17(13-31-14-18)19-10-20-23(11-21(19)29)36-37-26(20)28-34-22-5-7-32-25(27(22)35-28)16-4-3-6-30-12-16/h3-7,9-15H,8H2,1-2H3,(H,33,38)(H,34,35)(H,36,37).